The van der Waals surface area contributed by atoms with E-state index in [0.717, 1.165) is 36.7 Å². The van der Waals surface area contributed by atoms with Crippen LogP contribution in [-0.2, 0) is 17.9 Å². The predicted octanol–water partition coefficient (Wildman–Crippen LogP) is 9.45. The highest BCUT2D eigenvalue weighted by Gasteiger charge is 2.33. The standard InChI is InChI=1S/C35H24Br2N2O4S/c36-29-17-24(18-30(37)32(29)43-21-23-12-13-25-6-4-5-7-27(25)16-23)19-31-33(40)39(20-22-10-14-26(15-11-22)34(41)42)35(44-31)38-28-8-2-1-3-9-28/h1-19H,20-21H2,(H,41,42)/b31-19-,38-35?. The molecule has 0 unspecified atom stereocenters. The number of amides is 1. The number of aliphatic imine (C=N–C) groups is 1. The van der Waals surface area contributed by atoms with Crippen molar-refractivity contribution in [3.05, 3.63) is 145 Å². The molecule has 0 aromatic heterocycles. The van der Waals surface area contributed by atoms with Gasteiger partial charge in [0.15, 0.2) is 5.17 Å². The van der Waals surface area contributed by atoms with Crippen molar-refractivity contribution in [2.24, 2.45) is 4.99 Å². The molecule has 1 heterocycles. The number of fused-ring (bicyclic) bond motifs is 1. The van der Waals surface area contributed by atoms with Gasteiger partial charge in [-0.3, -0.25) is 9.69 Å². The first-order chi connectivity index (χ1) is 21.3. The highest BCUT2D eigenvalue weighted by Crippen LogP contribution is 2.39. The maximum Gasteiger partial charge on any atom is 0.335 e. The van der Waals surface area contributed by atoms with E-state index in [-0.39, 0.29) is 18.0 Å². The van der Waals surface area contributed by atoms with Gasteiger partial charge in [0.1, 0.15) is 12.4 Å². The zero-order valence-corrected chi connectivity index (χ0v) is 27.1. The summed E-state index contributed by atoms with van der Waals surface area (Å²) in [6, 6.07) is 34.3. The van der Waals surface area contributed by atoms with Crippen LogP contribution in [0.3, 0.4) is 0 Å². The number of aromatic carboxylic acids is 1. The molecule has 6 rings (SSSR count). The lowest BCUT2D eigenvalue weighted by Crippen LogP contribution is -2.28. The Labute approximate surface area is 275 Å². The third-order valence-electron chi connectivity index (χ3n) is 6.93. The third-order valence-corrected chi connectivity index (χ3v) is 9.11. The average Bonchev–Trinajstić information content (AvgIpc) is 3.30. The molecule has 0 saturated carbocycles. The molecular weight excluding hydrogens is 704 g/mol. The zero-order valence-electron chi connectivity index (χ0n) is 23.1. The van der Waals surface area contributed by atoms with Crippen LogP contribution in [-0.4, -0.2) is 27.1 Å². The summed E-state index contributed by atoms with van der Waals surface area (Å²) in [5, 5.41) is 12.1. The normalized spacial score (nSPS) is 15.0. The van der Waals surface area contributed by atoms with Crippen molar-refractivity contribution in [2.75, 3.05) is 0 Å². The van der Waals surface area contributed by atoms with E-state index in [4.69, 9.17) is 9.73 Å². The van der Waals surface area contributed by atoms with E-state index in [2.05, 4.69) is 62.2 Å². The molecule has 0 radical (unpaired) electrons. The average molecular weight is 728 g/mol. The number of hydrogen-bond acceptors (Lipinski definition) is 5. The second-order valence-corrected chi connectivity index (χ2v) is 12.7. The maximum absolute atomic E-state index is 13.7. The summed E-state index contributed by atoms with van der Waals surface area (Å²) in [5.74, 6) is -0.511. The van der Waals surface area contributed by atoms with Crippen LogP contribution in [0.2, 0.25) is 0 Å². The van der Waals surface area contributed by atoms with Gasteiger partial charge in [0, 0.05) is 0 Å². The van der Waals surface area contributed by atoms with Crippen LogP contribution in [0.1, 0.15) is 27.0 Å². The van der Waals surface area contributed by atoms with E-state index in [1.807, 2.05) is 60.7 Å². The fourth-order valence-corrected chi connectivity index (χ4v) is 7.16. The first-order valence-electron chi connectivity index (χ1n) is 13.6. The largest absolute Gasteiger partial charge is 0.487 e. The number of nitrogens with zero attached hydrogens (tertiary/aromatic N) is 2. The Kier molecular flexibility index (Phi) is 8.97. The van der Waals surface area contributed by atoms with Crippen molar-refractivity contribution in [1.29, 1.82) is 0 Å². The quantitative estimate of drug-likeness (QED) is 0.161. The van der Waals surface area contributed by atoms with Gasteiger partial charge in [-0.25, -0.2) is 9.79 Å². The molecule has 5 aromatic rings. The minimum absolute atomic E-state index is 0.184. The van der Waals surface area contributed by atoms with E-state index < -0.39 is 5.97 Å². The van der Waals surface area contributed by atoms with Crippen LogP contribution >= 0.6 is 43.6 Å². The molecule has 0 spiro atoms. The Hall–Kier alpha value is -4.18. The number of para-hydroxylation sites is 1. The van der Waals surface area contributed by atoms with Crippen LogP contribution in [0, 0.1) is 0 Å². The Morgan fingerprint density at radius 3 is 2.20 bits per heavy atom. The molecule has 1 saturated heterocycles. The van der Waals surface area contributed by atoms with E-state index >= 15 is 0 Å². The van der Waals surface area contributed by atoms with Gasteiger partial charge < -0.3 is 9.84 Å². The van der Waals surface area contributed by atoms with Gasteiger partial charge in [-0.15, -0.1) is 0 Å². The Morgan fingerprint density at radius 2 is 1.50 bits per heavy atom. The van der Waals surface area contributed by atoms with Crippen LogP contribution in [0.5, 0.6) is 5.75 Å². The highest BCUT2D eigenvalue weighted by atomic mass is 79.9. The minimum atomic E-state index is -0.997. The molecule has 0 bridgehead atoms. The Morgan fingerprint density at radius 1 is 0.841 bits per heavy atom. The molecule has 9 heteroatoms. The monoisotopic (exact) mass is 726 g/mol. The Balaban J connectivity index is 1.24. The summed E-state index contributed by atoms with van der Waals surface area (Å²) in [5.41, 5.74) is 3.59. The lowest BCUT2D eigenvalue weighted by Gasteiger charge is -2.16. The molecule has 44 heavy (non-hydrogen) atoms. The molecule has 218 valence electrons. The van der Waals surface area contributed by atoms with Gasteiger partial charge in [-0.05, 0) is 120 Å². The summed E-state index contributed by atoms with van der Waals surface area (Å²) < 4.78 is 7.69. The molecule has 1 amide bonds. The number of carbonyl (C=O) groups excluding carboxylic acids is 1. The number of hydrogen-bond donors (Lipinski definition) is 1. The van der Waals surface area contributed by atoms with Gasteiger partial charge in [-0.1, -0.05) is 66.7 Å². The van der Waals surface area contributed by atoms with Crippen molar-refractivity contribution >= 4 is 83.2 Å². The summed E-state index contributed by atoms with van der Waals surface area (Å²) in [4.78, 5) is 31.9. The molecule has 1 fully saturated rings. The SMILES string of the molecule is O=C(O)c1ccc(CN2C(=O)/C(=C/c3cc(Br)c(OCc4ccc5ccccc5c4)c(Br)c3)SC2=Nc2ccccc2)cc1. The number of carbonyl (C=O) groups is 2. The minimum Gasteiger partial charge on any atom is -0.487 e. The van der Waals surface area contributed by atoms with Gasteiger partial charge in [0.25, 0.3) is 5.91 Å². The topological polar surface area (TPSA) is 79.2 Å². The van der Waals surface area contributed by atoms with Crippen LogP contribution in [0.15, 0.2) is 128 Å². The number of carboxylic acids is 1. The van der Waals surface area contributed by atoms with Gasteiger partial charge >= 0.3 is 5.97 Å². The first-order valence-corrected chi connectivity index (χ1v) is 16.0. The molecule has 5 aromatic carbocycles. The summed E-state index contributed by atoms with van der Waals surface area (Å²) in [6.07, 6.45) is 1.84. The fraction of sp³-hybridized carbons (Fsp3) is 0.0571. The van der Waals surface area contributed by atoms with Gasteiger partial charge in [0.2, 0.25) is 0 Å². The second-order valence-electron chi connectivity index (χ2n) is 10.0. The van der Waals surface area contributed by atoms with Crippen LogP contribution in [0.4, 0.5) is 5.69 Å². The molecule has 0 atom stereocenters. The van der Waals surface area contributed by atoms with Crippen molar-refractivity contribution in [3.63, 3.8) is 0 Å². The van der Waals surface area contributed by atoms with Crippen molar-refractivity contribution < 1.29 is 19.4 Å². The van der Waals surface area contributed by atoms with E-state index in [9.17, 15) is 14.7 Å². The molecule has 6 nitrogen and oxygen atoms in total. The van der Waals surface area contributed by atoms with E-state index in [0.29, 0.717) is 22.4 Å². The lowest BCUT2D eigenvalue weighted by molar-refractivity contribution is -0.122. The molecule has 0 aliphatic carbocycles. The summed E-state index contributed by atoms with van der Waals surface area (Å²) in [6.45, 7) is 0.655. The molecular formula is C35H24Br2N2O4S. The molecule has 1 aliphatic heterocycles. The zero-order chi connectivity index (χ0) is 30.6. The number of ether oxygens (including phenoxy) is 1. The molecule has 1 aliphatic rings. The smallest absolute Gasteiger partial charge is 0.335 e. The van der Waals surface area contributed by atoms with Crippen LogP contribution < -0.4 is 4.74 Å². The van der Waals surface area contributed by atoms with E-state index in [1.54, 1.807) is 17.0 Å². The summed E-state index contributed by atoms with van der Waals surface area (Å²) >= 11 is 8.60. The number of rotatable bonds is 8. The van der Waals surface area contributed by atoms with Crippen molar-refractivity contribution in [1.82, 2.24) is 4.90 Å². The van der Waals surface area contributed by atoms with Gasteiger partial charge in [0.05, 0.1) is 31.6 Å². The number of amidine groups is 1. The van der Waals surface area contributed by atoms with Crippen molar-refractivity contribution in [3.8, 4) is 5.75 Å². The predicted molar refractivity (Wildman–Crippen MR) is 183 cm³/mol. The number of thioether (sulfide) groups is 1. The number of halogens is 2. The van der Waals surface area contributed by atoms with Crippen LogP contribution in [0.25, 0.3) is 16.8 Å². The first kappa shape index (κ1) is 29.9. The third kappa shape index (κ3) is 6.80. The molecule has 1 N–H and O–H groups in total. The lowest BCUT2D eigenvalue weighted by atomic mass is 10.1. The highest BCUT2D eigenvalue weighted by molar-refractivity contribution is 9.11. The van der Waals surface area contributed by atoms with Crippen molar-refractivity contribution in [2.45, 2.75) is 13.2 Å². The number of carboxylic acid groups (broad SMARTS) is 1. The van der Waals surface area contributed by atoms with Gasteiger partial charge in [-0.2, -0.15) is 0 Å². The summed E-state index contributed by atoms with van der Waals surface area (Å²) in [7, 11) is 0. The fourth-order valence-electron chi connectivity index (χ4n) is 4.72. The maximum atomic E-state index is 13.7. The second kappa shape index (κ2) is 13.2. The number of benzene rings is 5. The van der Waals surface area contributed by atoms with E-state index in [1.165, 1.54) is 29.3 Å². The Bertz CT molecular complexity index is 1920.